The summed E-state index contributed by atoms with van der Waals surface area (Å²) < 4.78 is 0. The summed E-state index contributed by atoms with van der Waals surface area (Å²) in [5.74, 6) is -0.444. The van der Waals surface area contributed by atoms with E-state index in [1.807, 2.05) is 66.7 Å². The Morgan fingerprint density at radius 1 is 0.567 bits per heavy atom. The van der Waals surface area contributed by atoms with Crippen molar-refractivity contribution >= 4 is 29.9 Å². The molecular weight excluding hydrogens is 390 g/mol. The Labute approximate surface area is 179 Å². The van der Waals surface area contributed by atoms with E-state index in [1.165, 1.54) is 0 Å². The number of hydrogen-bond acceptors (Lipinski definition) is 4. The molecule has 4 aromatic carbocycles. The number of hydrogen-bond donors (Lipinski definition) is 2. The van der Waals surface area contributed by atoms with Crippen molar-refractivity contribution in [3.63, 3.8) is 0 Å². The molecule has 0 heterocycles. The van der Waals surface area contributed by atoms with E-state index < -0.39 is 0 Å². The lowest BCUT2D eigenvalue weighted by Gasteiger charge is -2.25. The predicted octanol–water partition coefficient (Wildman–Crippen LogP) is 5.67. The van der Waals surface area contributed by atoms with Crippen molar-refractivity contribution in [1.82, 2.24) is 0 Å². The molecule has 2 N–H and O–H groups in total. The van der Waals surface area contributed by atoms with Gasteiger partial charge in [-0.05, 0) is 28.8 Å². The van der Waals surface area contributed by atoms with Gasteiger partial charge in [-0.25, -0.2) is 0 Å². The number of nitrogen functional groups attached to an aromatic ring is 1. The van der Waals surface area contributed by atoms with Gasteiger partial charge in [-0.3, -0.25) is 9.59 Å². The number of carbonyl (C=O) groups is 2. The molecule has 0 atom stereocenters. The van der Waals surface area contributed by atoms with Crippen LogP contribution in [0.25, 0.3) is 22.3 Å². The topological polar surface area (TPSA) is 60.2 Å². The summed E-state index contributed by atoms with van der Waals surface area (Å²) in [5.41, 5.74) is 10.9. The second-order valence-electron chi connectivity index (χ2n) is 7.23. The second kappa shape index (κ2) is 7.01. The molecule has 0 radical (unpaired) electrons. The normalized spacial score (nSPS) is 12.4. The molecular formula is C26H17NO2S. The van der Waals surface area contributed by atoms with Crippen LogP contribution in [0.15, 0.2) is 89.8 Å². The molecule has 0 fully saturated rings. The zero-order chi connectivity index (χ0) is 20.8. The van der Waals surface area contributed by atoms with Gasteiger partial charge >= 0.3 is 0 Å². The summed E-state index contributed by atoms with van der Waals surface area (Å²) in [4.78, 5) is 28.0. The van der Waals surface area contributed by atoms with Gasteiger partial charge in [0.25, 0.3) is 0 Å². The number of benzene rings is 4. The zero-order valence-electron chi connectivity index (χ0n) is 15.9. The fourth-order valence-electron chi connectivity index (χ4n) is 4.15. The van der Waals surface area contributed by atoms with Crippen molar-refractivity contribution < 1.29 is 9.59 Å². The lowest BCUT2D eigenvalue weighted by atomic mass is 9.76. The zero-order valence-corrected chi connectivity index (χ0v) is 16.8. The Kier molecular flexibility index (Phi) is 4.30. The summed E-state index contributed by atoms with van der Waals surface area (Å²) in [5, 5.41) is 0. The second-order valence-corrected chi connectivity index (χ2v) is 7.71. The Hall–Kier alpha value is -3.63. The molecule has 144 valence electrons. The highest BCUT2D eigenvalue weighted by Gasteiger charge is 2.36. The van der Waals surface area contributed by atoms with Gasteiger partial charge in [-0.1, -0.05) is 72.8 Å². The third-order valence-electron chi connectivity index (χ3n) is 5.48. The number of anilines is 1. The van der Waals surface area contributed by atoms with E-state index >= 15 is 0 Å². The first kappa shape index (κ1) is 18.4. The van der Waals surface area contributed by atoms with Crippen molar-refractivity contribution in [2.45, 2.75) is 4.90 Å². The standard InChI is InChI=1S/C26H17NO2S/c27-19-13-7-12-17-22(19)26(29)23-18(15-8-3-1-4-9-15)14-20(30)21(24(23)25(17)28)16-10-5-2-6-11-16/h1-14,30H,27H2. The highest BCUT2D eigenvalue weighted by molar-refractivity contribution is 7.80. The number of fused-ring (bicyclic) bond motifs is 2. The average molecular weight is 407 g/mol. The highest BCUT2D eigenvalue weighted by Crippen LogP contribution is 2.44. The number of ketones is 2. The van der Waals surface area contributed by atoms with E-state index in [-0.39, 0.29) is 17.1 Å². The summed E-state index contributed by atoms with van der Waals surface area (Å²) in [6.07, 6.45) is 0. The Balaban J connectivity index is 1.92. The fraction of sp³-hybridized carbons (Fsp3) is 0. The lowest BCUT2D eigenvalue weighted by Crippen LogP contribution is -2.24. The van der Waals surface area contributed by atoms with Gasteiger partial charge < -0.3 is 5.73 Å². The van der Waals surface area contributed by atoms with Gasteiger partial charge in [0, 0.05) is 32.8 Å². The van der Waals surface area contributed by atoms with E-state index in [0.717, 1.165) is 11.1 Å². The van der Waals surface area contributed by atoms with Crippen LogP contribution in [0.1, 0.15) is 31.8 Å². The van der Waals surface area contributed by atoms with Crippen molar-refractivity contribution in [3.8, 4) is 22.3 Å². The van der Waals surface area contributed by atoms with E-state index in [2.05, 4.69) is 0 Å². The molecule has 0 spiro atoms. The maximum absolute atomic E-state index is 13.7. The molecule has 0 saturated heterocycles. The van der Waals surface area contributed by atoms with Gasteiger partial charge in [-0.15, -0.1) is 12.6 Å². The van der Waals surface area contributed by atoms with Crippen LogP contribution < -0.4 is 5.73 Å². The number of nitrogens with two attached hydrogens (primary N) is 1. The minimum absolute atomic E-state index is 0.209. The summed E-state index contributed by atoms with van der Waals surface area (Å²) in [6, 6.07) is 26.0. The van der Waals surface area contributed by atoms with Gasteiger partial charge in [0.05, 0.1) is 5.56 Å². The first-order valence-electron chi connectivity index (χ1n) is 9.56. The van der Waals surface area contributed by atoms with Crippen molar-refractivity contribution in [2.75, 3.05) is 5.73 Å². The summed E-state index contributed by atoms with van der Waals surface area (Å²) >= 11 is 4.74. The SMILES string of the molecule is Nc1cccc2c1C(=O)c1c(-c3ccccc3)cc(S)c(-c3ccccc3)c1C2=O. The van der Waals surface area contributed by atoms with E-state index in [0.29, 0.717) is 38.4 Å². The van der Waals surface area contributed by atoms with Crippen LogP contribution in [0.5, 0.6) is 0 Å². The summed E-state index contributed by atoms with van der Waals surface area (Å²) in [7, 11) is 0. The van der Waals surface area contributed by atoms with Crippen LogP contribution in [-0.2, 0) is 0 Å². The van der Waals surface area contributed by atoms with Gasteiger partial charge in [0.1, 0.15) is 0 Å². The summed E-state index contributed by atoms with van der Waals surface area (Å²) in [6.45, 7) is 0. The van der Waals surface area contributed by atoms with Crippen LogP contribution in [-0.4, -0.2) is 11.6 Å². The lowest BCUT2D eigenvalue weighted by molar-refractivity contribution is 0.0980. The molecule has 0 unspecified atom stereocenters. The third kappa shape index (κ3) is 2.69. The maximum atomic E-state index is 13.7. The third-order valence-corrected chi connectivity index (χ3v) is 5.83. The van der Waals surface area contributed by atoms with Crippen molar-refractivity contribution in [1.29, 1.82) is 0 Å². The monoisotopic (exact) mass is 407 g/mol. The molecule has 4 aromatic rings. The van der Waals surface area contributed by atoms with Crippen LogP contribution in [0.3, 0.4) is 0 Å². The first-order chi connectivity index (χ1) is 14.6. The van der Waals surface area contributed by atoms with Crippen LogP contribution in [0.2, 0.25) is 0 Å². The maximum Gasteiger partial charge on any atom is 0.197 e. The molecule has 0 bridgehead atoms. The number of thiol groups is 1. The van der Waals surface area contributed by atoms with E-state index in [9.17, 15) is 9.59 Å². The van der Waals surface area contributed by atoms with Crippen molar-refractivity contribution in [3.05, 3.63) is 107 Å². The number of carbonyl (C=O) groups excluding carboxylic acids is 2. The van der Waals surface area contributed by atoms with Gasteiger partial charge in [0.2, 0.25) is 0 Å². The van der Waals surface area contributed by atoms with Crippen LogP contribution >= 0.6 is 12.6 Å². The van der Waals surface area contributed by atoms with E-state index in [1.54, 1.807) is 18.2 Å². The Morgan fingerprint density at radius 2 is 1.20 bits per heavy atom. The average Bonchev–Trinajstić information content (AvgIpc) is 2.77. The Bertz CT molecular complexity index is 1330. The molecule has 1 aliphatic carbocycles. The van der Waals surface area contributed by atoms with Crippen LogP contribution in [0.4, 0.5) is 5.69 Å². The fourth-order valence-corrected chi connectivity index (χ4v) is 4.52. The molecule has 30 heavy (non-hydrogen) atoms. The molecule has 1 aliphatic rings. The molecule has 4 heteroatoms. The molecule has 0 saturated carbocycles. The first-order valence-corrected chi connectivity index (χ1v) is 10.0. The van der Waals surface area contributed by atoms with Crippen molar-refractivity contribution in [2.24, 2.45) is 0 Å². The minimum Gasteiger partial charge on any atom is -0.398 e. The van der Waals surface area contributed by atoms with E-state index in [4.69, 9.17) is 18.4 Å². The number of rotatable bonds is 2. The minimum atomic E-state index is -0.234. The largest absolute Gasteiger partial charge is 0.398 e. The van der Waals surface area contributed by atoms with Gasteiger partial charge in [0.15, 0.2) is 11.6 Å². The molecule has 0 aliphatic heterocycles. The molecule has 5 rings (SSSR count). The molecule has 3 nitrogen and oxygen atoms in total. The van der Waals surface area contributed by atoms with Gasteiger partial charge in [-0.2, -0.15) is 0 Å². The Morgan fingerprint density at radius 3 is 1.87 bits per heavy atom. The smallest absolute Gasteiger partial charge is 0.197 e. The predicted molar refractivity (Wildman–Crippen MR) is 122 cm³/mol. The molecule has 0 aromatic heterocycles. The van der Waals surface area contributed by atoms with Crippen LogP contribution in [0, 0.1) is 0 Å². The molecule has 0 amide bonds. The quantitative estimate of drug-likeness (QED) is 0.293. The highest BCUT2D eigenvalue weighted by atomic mass is 32.1.